The Bertz CT molecular complexity index is 252. The number of hydrogen-bond donors (Lipinski definition) is 2. The van der Waals surface area contributed by atoms with Gasteiger partial charge in [-0.25, -0.2) is 0 Å². The predicted molar refractivity (Wildman–Crippen MR) is 94.4 cm³/mol. The highest BCUT2D eigenvalue weighted by atomic mass is 33.5. The number of rotatable bonds is 10. The van der Waals surface area contributed by atoms with Crippen LogP contribution in [0.1, 0.15) is 59.3 Å². The molecule has 0 aliphatic rings. The van der Waals surface area contributed by atoms with Gasteiger partial charge in [-0.3, -0.25) is 4.55 Å². The lowest BCUT2D eigenvalue weighted by molar-refractivity contribution is 0.503. The molecule has 0 aromatic carbocycles. The predicted octanol–water partition coefficient (Wildman–Crippen LogP) is 5.24. The van der Waals surface area contributed by atoms with Gasteiger partial charge < -0.3 is 0 Å². The SMILES string of the molecule is CCCCP(CCCC)CCCC.O=S(=O)(O)SS. The smallest absolute Gasteiger partial charge is 0.277 e. The zero-order chi connectivity index (χ0) is 15.1. The molecule has 7 heteroatoms. The third-order valence-electron chi connectivity index (χ3n) is 2.58. The summed E-state index contributed by atoms with van der Waals surface area (Å²) in [6, 6.07) is 0. The molecule has 0 heterocycles. The van der Waals surface area contributed by atoms with E-state index in [1.807, 2.05) is 0 Å². The highest BCUT2D eigenvalue weighted by Crippen LogP contribution is 2.38. The van der Waals surface area contributed by atoms with E-state index in [9.17, 15) is 8.42 Å². The number of thiol groups is 1. The first kappa shape index (κ1) is 22.3. The van der Waals surface area contributed by atoms with Crippen molar-refractivity contribution in [2.75, 3.05) is 18.5 Å². The van der Waals surface area contributed by atoms with Gasteiger partial charge in [0.15, 0.2) is 0 Å². The standard InChI is InChI=1S/C12H27P.H2O3S3/c1-4-7-10-13(11-8-5-2)12-9-6-3;1-6(2,3)5-4/h4-12H2,1-3H3;4H,(H,1,2,3). The van der Waals surface area contributed by atoms with Crippen molar-refractivity contribution in [1.29, 1.82) is 0 Å². The average Bonchev–Trinajstić information content (AvgIpc) is 2.38. The van der Waals surface area contributed by atoms with Crippen LogP contribution in [0.3, 0.4) is 0 Å². The molecule has 19 heavy (non-hydrogen) atoms. The Balaban J connectivity index is 0. The van der Waals surface area contributed by atoms with Gasteiger partial charge in [0, 0.05) is 0 Å². The highest BCUT2D eigenvalue weighted by Gasteiger charge is 2.05. The summed E-state index contributed by atoms with van der Waals surface area (Å²) in [7, 11) is -3.36. The number of unbranched alkanes of at least 4 members (excludes halogenated alkanes) is 3. The molecule has 0 fully saturated rings. The van der Waals surface area contributed by atoms with Gasteiger partial charge in [0.25, 0.3) is 0 Å². The van der Waals surface area contributed by atoms with E-state index in [2.05, 4.69) is 32.4 Å². The first-order chi connectivity index (χ1) is 8.91. The van der Waals surface area contributed by atoms with Crippen molar-refractivity contribution in [3.8, 4) is 0 Å². The van der Waals surface area contributed by atoms with Crippen molar-refractivity contribution in [2.45, 2.75) is 59.3 Å². The number of hydrogen-bond acceptors (Lipinski definition) is 4. The molecule has 0 spiro atoms. The largest absolute Gasteiger partial charge is 0.329 e. The summed E-state index contributed by atoms with van der Waals surface area (Å²) < 4.78 is 26.6. The van der Waals surface area contributed by atoms with Gasteiger partial charge in [0.2, 0.25) is 0 Å². The highest BCUT2D eigenvalue weighted by molar-refractivity contribution is 9.01. The molecular weight excluding hydrogens is 319 g/mol. The van der Waals surface area contributed by atoms with E-state index in [4.69, 9.17) is 4.55 Å². The Morgan fingerprint density at radius 1 is 0.947 bits per heavy atom. The summed E-state index contributed by atoms with van der Waals surface area (Å²) in [5.74, 6) is 0. The topological polar surface area (TPSA) is 54.4 Å². The van der Waals surface area contributed by atoms with Crippen LogP contribution in [0.4, 0.5) is 0 Å². The Morgan fingerprint density at radius 2 is 1.21 bits per heavy atom. The Kier molecular flexibility index (Phi) is 18.1. The van der Waals surface area contributed by atoms with E-state index >= 15 is 0 Å². The Labute approximate surface area is 129 Å². The van der Waals surface area contributed by atoms with Crippen molar-refractivity contribution in [3.05, 3.63) is 0 Å². The van der Waals surface area contributed by atoms with Gasteiger partial charge >= 0.3 is 9.15 Å². The van der Waals surface area contributed by atoms with Crippen LogP contribution in [0.15, 0.2) is 0 Å². The van der Waals surface area contributed by atoms with E-state index in [0.717, 1.165) is 0 Å². The zero-order valence-corrected chi connectivity index (χ0v) is 15.8. The zero-order valence-electron chi connectivity index (χ0n) is 12.3. The first-order valence-corrected chi connectivity index (χ1v) is 12.7. The van der Waals surface area contributed by atoms with Crippen LogP contribution in [0.2, 0.25) is 0 Å². The quantitative estimate of drug-likeness (QED) is 0.245. The Hall–Kier alpha value is 1.04. The van der Waals surface area contributed by atoms with E-state index in [0.29, 0.717) is 7.92 Å². The fraction of sp³-hybridized carbons (Fsp3) is 1.00. The Morgan fingerprint density at radius 3 is 1.37 bits per heavy atom. The molecule has 0 aliphatic carbocycles. The van der Waals surface area contributed by atoms with Gasteiger partial charge in [0.1, 0.15) is 0 Å². The molecule has 0 aromatic heterocycles. The molecule has 0 rings (SSSR count). The van der Waals surface area contributed by atoms with Crippen LogP contribution in [0.25, 0.3) is 0 Å². The van der Waals surface area contributed by atoms with Crippen molar-refractivity contribution in [1.82, 2.24) is 0 Å². The fourth-order valence-electron chi connectivity index (χ4n) is 1.48. The lowest BCUT2D eigenvalue weighted by atomic mass is 10.4. The minimum atomic E-state index is -3.88. The van der Waals surface area contributed by atoms with Crippen LogP contribution >= 0.6 is 29.4 Å². The van der Waals surface area contributed by atoms with Gasteiger partial charge in [-0.05, 0) is 37.7 Å². The maximum absolute atomic E-state index is 9.44. The molecule has 0 saturated carbocycles. The summed E-state index contributed by atoms with van der Waals surface area (Å²) in [5.41, 5.74) is 0. The lowest BCUT2D eigenvalue weighted by Gasteiger charge is -2.16. The minimum Gasteiger partial charge on any atom is -0.277 e. The molecule has 0 bridgehead atoms. The first-order valence-electron chi connectivity index (χ1n) is 6.94. The normalized spacial score (nSPS) is 11.3. The van der Waals surface area contributed by atoms with Crippen LogP contribution < -0.4 is 0 Å². The molecule has 0 saturated heterocycles. The van der Waals surface area contributed by atoms with E-state index in [1.165, 1.54) is 38.5 Å². The van der Waals surface area contributed by atoms with Gasteiger partial charge in [-0.1, -0.05) is 51.7 Å². The lowest BCUT2D eigenvalue weighted by Crippen LogP contribution is -1.95. The molecule has 3 nitrogen and oxygen atoms in total. The van der Waals surface area contributed by atoms with Crippen molar-refractivity contribution in [2.24, 2.45) is 0 Å². The third-order valence-corrected chi connectivity index (χ3v) is 7.87. The van der Waals surface area contributed by atoms with Gasteiger partial charge in [0.05, 0.1) is 9.83 Å². The van der Waals surface area contributed by atoms with Crippen molar-refractivity contribution in [3.63, 3.8) is 0 Å². The molecule has 0 aliphatic heterocycles. The summed E-state index contributed by atoms with van der Waals surface area (Å²) in [6.07, 6.45) is 13.2. The van der Waals surface area contributed by atoms with Crippen LogP contribution in [0.5, 0.6) is 0 Å². The molecule has 0 amide bonds. The van der Waals surface area contributed by atoms with Crippen LogP contribution in [-0.2, 0) is 9.15 Å². The molecule has 0 atom stereocenters. The maximum Gasteiger partial charge on any atom is 0.329 e. The second-order valence-corrected chi connectivity index (χ2v) is 11.1. The van der Waals surface area contributed by atoms with E-state index in [1.54, 1.807) is 18.5 Å². The third kappa shape index (κ3) is 21.5. The van der Waals surface area contributed by atoms with Gasteiger partial charge in [-0.2, -0.15) is 8.42 Å². The minimum absolute atomic E-state index is 0.104. The summed E-state index contributed by atoms with van der Waals surface area (Å²) >= 11 is 3.18. The average molecular weight is 349 g/mol. The van der Waals surface area contributed by atoms with Gasteiger partial charge in [-0.15, -0.1) is 7.92 Å². The molecule has 0 radical (unpaired) electrons. The van der Waals surface area contributed by atoms with Crippen LogP contribution in [-0.4, -0.2) is 31.5 Å². The fourth-order valence-corrected chi connectivity index (χ4v) is 4.44. The maximum atomic E-state index is 9.44. The van der Waals surface area contributed by atoms with E-state index < -0.39 is 9.15 Å². The molecular formula is C12H29O3PS3. The van der Waals surface area contributed by atoms with E-state index in [-0.39, 0.29) is 9.83 Å². The summed E-state index contributed by atoms with van der Waals surface area (Å²) in [4.78, 5) is 0. The molecule has 1 N–H and O–H groups in total. The van der Waals surface area contributed by atoms with Crippen molar-refractivity contribution < 1.29 is 13.0 Å². The summed E-state index contributed by atoms with van der Waals surface area (Å²) in [5, 5.41) is 0. The molecule has 0 aromatic rings. The van der Waals surface area contributed by atoms with Crippen LogP contribution in [0, 0.1) is 0 Å². The monoisotopic (exact) mass is 348 g/mol. The van der Waals surface area contributed by atoms with Crippen molar-refractivity contribution >= 4 is 38.6 Å². The molecule has 0 unspecified atom stereocenters. The second kappa shape index (κ2) is 15.4. The molecule has 118 valence electrons. The summed E-state index contributed by atoms with van der Waals surface area (Å²) in [6.45, 7) is 6.94. The second-order valence-electron chi connectivity index (χ2n) is 4.40.